The Balaban J connectivity index is 1.89. The molecule has 2 N–H and O–H groups in total. The molecule has 0 amide bonds. The molecule has 0 unspecified atom stereocenters. The van der Waals surface area contributed by atoms with E-state index in [1.54, 1.807) is 0 Å². The van der Waals surface area contributed by atoms with Crippen LogP contribution in [0.3, 0.4) is 0 Å². The van der Waals surface area contributed by atoms with Crippen LogP contribution in [0.4, 0.5) is 5.69 Å². The smallest absolute Gasteiger partial charge is 0.259 e. The molecular formula is C14H16BrN3O. The van der Waals surface area contributed by atoms with E-state index < -0.39 is 0 Å². The fourth-order valence-corrected chi connectivity index (χ4v) is 2.99. The quantitative estimate of drug-likeness (QED) is 0.844. The van der Waals surface area contributed by atoms with Crippen molar-refractivity contribution in [3.05, 3.63) is 28.5 Å². The summed E-state index contributed by atoms with van der Waals surface area (Å²) in [6.45, 7) is 0. The van der Waals surface area contributed by atoms with Crippen LogP contribution < -0.4 is 5.73 Å². The maximum atomic E-state index is 5.80. The third-order valence-electron chi connectivity index (χ3n) is 3.63. The second-order valence-corrected chi connectivity index (χ2v) is 5.89. The Hall–Kier alpha value is -1.36. The maximum Gasteiger partial charge on any atom is 0.259 e. The van der Waals surface area contributed by atoms with E-state index in [-0.39, 0.29) is 0 Å². The van der Waals surface area contributed by atoms with E-state index in [1.165, 1.54) is 19.3 Å². The average molecular weight is 322 g/mol. The molecule has 100 valence electrons. The number of benzene rings is 1. The van der Waals surface area contributed by atoms with Gasteiger partial charge in [0.15, 0.2) is 5.82 Å². The molecule has 19 heavy (non-hydrogen) atoms. The summed E-state index contributed by atoms with van der Waals surface area (Å²) in [5.74, 6) is 1.83. The minimum Gasteiger partial charge on any atom is -0.399 e. The molecule has 0 spiro atoms. The van der Waals surface area contributed by atoms with Gasteiger partial charge in [-0.1, -0.05) is 24.4 Å². The Morgan fingerprint density at radius 2 is 2.00 bits per heavy atom. The molecule has 3 rings (SSSR count). The fourth-order valence-electron chi connectivity index (χ4n) is 2.58. The van der Waals surface area contributed by atoms with Crippen molar-refractivity contribution in [2.45, 2.75) is 38.0 Å². The van der Waals surface area contributed by atoms with Gasteiger partial charge in [-0.05, 0) is 47.0 Å². The van der Waals surface area contributed by atoms with Gasteiger partial charge >= 0.3 is 0 Å². The number of nitrogen functional groups attached to an aromatic ring is 1. The standard InChI is InChI=1S/C14H16BrN3O/c15-12-7-6-10(16)8-11(12)14-17-13(18-19-14)9-4-2-1-3-5-9/h6-9H,1-5,16H2. The maximum absolute atomic E-state index is 5.80. The summed E-state index contributed by atoms with van der Waals surface area (Å²) < 4.78 is 6.31. The van der Waals surface area contributed by atoms with Crippen LogP contribution >= 0.6 is 15.9 Å². The lowest BCUT2D eigenvalue weighted by Gasteiger charge is -2.17. The van der Waals surface area contributed by atoms with Crippen molar-refractivity contribution in [2.75, 3.05) is 5.73 Å². The van der Waals surface area contributed by atoms with Crippen LogP contribution in [0.15, 0.2) is 27.2 Å². The molecule has 5 heteroatoms. The van der Waals surface area contributed by atoms with E-state index in [4.69, 9.17) is 10.3 Å². The first-order chi connectivity index (χ1) is 9.24. The second-order valence-electron chi connectivity index (χ2n) is 5.03. The van der Waals surface area contributed by atoms with Crippen molar-refractivity contribution >= 4 is 21.6 Å². The van der Waals surface area contributed by atoms with Crippen molar-refractivity contribution in [3.8, 4) is 11.5 Å². The van der Waals surface area contributed by atoms with Gasteiger partial charge in [-0.2, -0.15) is 4.98 Å². The lowest BCUT2D eigenvalue weighted by atomic mass is 9.89. The van der Waals surface area contributed by atoms with Gasteiger partial charge in [0.05, 0.1) is 5.56 Å². The molecule has 1 aliphatic rings. The van der Waals surface area contributed by atoms with Crippen molar-refractivity contribution in [1.29, 1.82) is 0 Å². The van der Waals surface area contributed by atoms with E-state index in [0.717, 1.165) is 28.7 Å². The number of aromatic nitrogens is 2. The van der Waals surface area contributed by atoms with E-state index >= 15 is 0 Å². The molecule has 1 aromatic heterocycles. The molecule has 1 saturated carbocycles. The van der Waals surface area contributed by atoms with Gasteiger partial charge in [0.1, 0.15) is 0 Å². The van der Waals surface area contributed by atoms with E-state index in [2.05, 4.69) is 26.1 Å². The number of nitrogens with two attached hydrogens (primary N) is 1. The summed E-state index contributed by atoms with van der Waals surface area (Å²) in [6.07, 6.45) is 6.17. The highest BCUT2D eigenvalue weighted by Crippen LogP contribution is 2.34. The SMILES string of the molecule is Nc1ccc(Br)c(-c2nc(C3CCCCC3)no2)c1. The number of rotatable bonds is 2. The Kier molecular flexibility index (Phi) is 3.55. The Labute approximate surface area is 120 Å². The molecule has 0 radical (unpaired) electrons. The van der Waals surface area contributed by atoms with Crippen molar-refractivity contribution in [2.24, 2.45) is 0 Å². The molecular weight excluding hydrogens is 306 g/mol. The second kappa shape index (κ2) is 5.33. The van der Waals surface area contributed by atoms with Gasteiger partial charge < -0.3 is 10.3 Å². The number of halogens is 1. The molecule has 1 aromatic carbocycles. The highest BCUT2D eigenvalue weighted by atomic mass is 79.9. The zero-order valence-electron chi connectivity index (χ0n) is 10.6. The molecule has 0 aliphatic heterocycles. The average Bonchev–Trinajstić information content (AvgIpc) is 2.92. The van der Waals surface area contributed by atoms with Gasteiger partial charge in [0.2, 0.25) is 0 Å². The van der Waals surface area contributed by atoms with Gasteiger partial charge in [-0.25, -0.2) is 0 Å². The number of anilines is 1. The van der Waals surface area contributed by atoms with Crippen molar-refractivity contribution < 1.29 is 4.52 Å². The molecule has 2 aromatic rings. The van der Waals surface area contributed by atoms with E-state index in [9.17, 15) is 0 Å². The van der Waals surface area contributed by atoms with Gasteiger partial charge in [0, 0.05) is 16.1 Å². The number of hydrogen-bond acceptors (Lipinski definition) is 4. The lowest BCUT2D eigenvalue weighted by molar-refractivity contribution is 0.385. The Bertz CT molecular complexity index is 576. The van der Waals surface area contributed by atoms with Gasteiger partial charge in [-0.15, -0.1) is 0 Å². The highest BCUT2D eigenvalue weighted by Gasteiger charge is 2.22. The van der Waals surface area contributed by atoms with Crippen LogP contribution in [-0.4, -0.2) is 10.1 Å². The summed E-state index contributed by atoms with van der Waals surface area (Å²) in [7, 11) is 0. The molecule has 1 aliphatic carbocycles. The minimum atomic E-state index is 0.450. The molecule has 0 atom stereocenters. The first-order valence-corrected chi connectivity index (χ1v) is 7.42. The van der Waals surface area contributed by atoms with Crippen molar-refractivity contribution in [3.63, 3.8) is 0 Å². The summed E-state index contributed by atoms with van der Waals surface area (Å²) in [5.41, 5.74) is 7.35. The molecule has 1 fully saturated rings. The summed E-state index contributed by atoms with van der Waals surface area (Å²) >= 11 is 3.49. The minimum absolute atomic E-state index is 0.450. The van der Waals surface area contributed by atoms with Crippen molar-refractivity contribution in [1.82, 2.24) is 10.1 Å². The fraction of sp³-hybridized carbons (Fsp3) is 0.429. The number of nitrogens with zero attached hydrogens (tertiary/aromatic N) is 2. The van der Waals surface area contributed by atoms with Crippen LogP contribution in [0.1, 0.15) is 43.8 Å². The monoisotopic (exact) mass is 321 g/mol. The normalized spacial score (nSPS) is 16.7. The molecule has 0 bridgehead atoms. The Morgan fingerprint density at radius 3 is 2.79 bits per heavy atom. The highest BCUT2D eigenvalue weighted by molar-refractivity contribution is 9.10. The van der Waals surface area contributed by atoms with Crippen LogP contribution in [0.2, 0.25) is 0 Å². The van der Waals surface area contributed by atoms with Gasteiger partial charge in [0.25, 0.3) is 5.89 Å². The summed E-state index contributed by atoms with van der Waals surface area (Å²) in [6, 6.07) is 5.59. The third kappa shape index (κ3) is 2.66. The predicted octanol–water partition coefficient (Wildman–Crippen LogP) is 4.13. The third-order valence-corrected chi connectivity index (χ3v) is 4.32. The summed E-state index contributed by atoms with van der Waals surface area (Å²) in [5, 5.41) is 4.14. The first-order valence-electron chi connectivity index (χ1n) is 6.63. The van der Waals surface area contributed by atoms with E-state index in [0.29, 0.717) is 17.5 Å². The van der Waals surface area contributed by atoms with Crippen LogP contribution in [-0.2, 0) is 0 Å². The largest absolute Gasteiger partial charge is 0.399 e. The zero-order chi connectivity index (χ0) is 13.2. The molecule has 0 saturated heterocycles. The van der Waals surface area contributed by atoms with Crippen LogP contribution in [0.5, 0.6) is 0 Å². The van der Waals surface area contributed by atoms with E-state index in [1.807, 2.05) is 18.2 Å². The molecule has 1 heterocycles. The van der Waals surface area contributed by atoms with Crippen LogP contribution in [0, 0.1) is 0 Å². The Morgan fingerprint density at radius 1 is 1.21 bits per heavy atom. The topological polar surface area (TPSA) is 64.9 Å². The van der Waals surface area contributed by atoms with Gasteiger partial charge in [-0.3, -0.25) is 0 Å². The van der Waals surface area contributed by atoms with Crippen LogP contribution in [0.25, 0.3) is 11.5 Å². The number of hydrogen-bond donors (Lipinski definition) is 1. The molecule has 4 nitrogen and oxygen atoms in total. The first kappa shape index (κ1) is 12.7. The summed E-state index contributed by atoms with van der Waals surface area (Å²) in [4.78, 5) is 4.54. The predicted molar refractivity (Wildman–Crippen MR) is 77.7 cm³/mol. The zero-order valence-corrected chi connectivity index (χ0v) is 12.2. The lowest BCUT2D eigenvalue weighted by Crippen LogP contribution is -2.06.